The van der Waals surface area contributed by atoms with E-state index < -0.39 is 17.8 Å². The molecule has 0 atom stereocenters. The van der Waals surface area contributed by atoms with Gasteiger partial charge < -0.3 is 10.1 Å². The first-order valence-corrected chi connectivity index (χ1v) is 11.2. The number of rotatable bonds is 5. The van der Waals surface area contributed by atoms with Gasteiger partial charge in [0.05, 0.1) is 11.3 Å². The second kappa shape index (κ2) is 9.08. The third-order valence-corrected chi connectivity index (χ3v) is 5.98. The third-order valence-electron chi connectivity index (χ3n) is 5.63. The molecule has 0 aromatic heterocycles. The number of fused-ring (bicyclic) bond motifs is 1. The summed E-state index contributed by atoms with van der Waals surface area (Å²) >= 11 is 6.21. The molecule has 1 aliphatic rings. The van der Waals surface area contributed by atoms with Gasteiger partial charge in [-0.2, -0.15) is 0 Å². The summed E-state index contributed by atoms with van der Waals surface area (Å²) in [4.78, 5) is 39.4. The second-order valence-electron chi connectivity index (χ2n) is 8.04. The Bertz CT molecular complexity index is 1520. The van der Waals surface area contributed by atoms with Gasteiger partial charge in [0, 0.05) is 11.1 Å². The molecule has 1 aliphatic heterocycles. The summed E-state index contributed by atoms with van der Waals surface area (Å²) in [5.74, 6) is -1.19. The van der Waals surface area contributed by atoms with Crippen molar-refractivity contribution < 1.29 is 19.1 Å². The lowest BCUT2D eigenvalue weighted by Crippen LogP contribution is -2.32. The number of halogens is 1. The van der Waals surface area contributed by atoms with Crippen LogP contribution in [0.5, 0.6) is 5.75 Å². The number of imide groups is 1. The number of aryl methyl sites for hydroxylation is 1. The van der Waals surface area contributed by atoms with Gasteiger partial charge >= 0.3 is 5.97 Å². The van der Waals surface area contributed by atoms with Gasteiger partial charge in [0.15, 0.2) is 0 Å². The van der Waals surface area contributed by atoms with Crippen LogP contribution >= 0.6 is 11.6 Å². The largest absolute Gasteiger partial charge is 0.422 e. The van der Waals surface area contributed by atoms with Crippen molar-refractivity contribution in [1.29, 1.82) is 0 Å². The van der Waals surface area contributed by atoms with Crippen LogP contribution < -0.4 is 15.0 Å². The maximum absolute atomic E-state index is 13.0. The highest BCUT2D eigenvalue weighted by atomic mass is 35.5. The normalized spacial score (nSPS) is 13.5. The molecule has 35 heavy (non-hydrogen) atoms. The molecule has 1 N–H and O–H groups in total. The summed E-state index contributed by atoms with van der Waals surface area (Å²) in [6, 6.07) is 26.6. The molecule has 0 unspecified atom stereocenters. The van der Waals surface area contributed by atoms with E-state index in [-0.39, 0.29) is 10.7 Å². The molecule has 172 valence electrons. The minimum atomic E-state index is -0.597. The molecule has 0 saturated heterocycles. The van der Waals surface area contributed by atoms with E-state index in [0.717, 1.165) is 21.2 Å². The van der Waals surface area contributed by atoms with Gasteiger partial charge in [0.1, 0.15) is 16.5 Å². The van der Waals surface area contributed by atoms with Gasteiger partial charge in [-0.15, -0.1) is 0 Å². The number of amides is 2. The van der Waals surface area contributed by atoms with Gasteiger partial charge in [0.2, 0.25) is 0 Å². The zero-order valence-electron chi connectivity index (χ0n) is 18.6. The van der Waals surface area contributed by atoms with E-state index in [4.69, 9.17) is 16.3 Å². The number of nitrogens with one attached hydrogen (secondary N) is 1. The fourth-order valence-corrected chi connectivity index (χ4v) is 4.10. The molecule has 4 aromatic rings. The number of anilines is 2. The molecule has 0 aliphatic carbocycles. The first-order valence-electron chi connectivity index (χ1n) is 10.8. The van der Waals surface area contributed by atoms with Crippen LogP contribution in [0, 0.1) is 6.92 Å². The average molecular weight is 483 g/mol. The van der Waals surface area contributed by atoms with Crippen LogP contribution in [0.1, 0.15) is 15.9 Å². The smallest absolute Gasteiger partial charge is 0.343 e. The Morgan fingerprint density at radius 1 is 0.857 bits per heavy atom. The highest BCUT2D eigenvalue weighted by Gasteiger charge is 2.39. The molecule has 2 amide bonds. The zero-order chi connectivity index (χ0) is 24.5. The topological polar surface area (TPSA) is 75.7 Å². The average Bonchev–Trinajstić information content (AvgIpc) is 3.07. The molecule has 0 radical (unpaired) electrons. The monoisotopic (exact) mass is 482 g/mol. The van der Waals surface area contributed by atoms with Crippen molar-refractivity contribution in [1.82, 2.24) is 0 Å². The van der Waals surface area contributed by atoms with Crippen LogP contribution in [0.2, 0.25) is 0 Å². The van der Waals surface area contributed by atoms with E-state index in [1.165, 1.54) is 0 Å². The number of nitrogens with zero attached hydrogens (tertiary/aromatic N) is 1. The number of carbonyl (C=O) groups is 3. The summed E-state index contributed by atoms with van der Waals surface area (Å²) in [6.07, 6.45) is 0. The summed E-state index contributed by atoms with van der Waals surface area (Å²) in [5, 5.41) is 4.52. The first-order chi connectivity index (χ1) is 16.9. The number of esters is 1. The molecule has 6 nitrogen and oxygen atoms in total. The summed E-state index contributed by atoms with van der Waals surface area (Å²) in [6.45, 7) is 1.87. The van der Waals surface area contributed by atoms with Crippen molar-refractivity contribution >= 4 is 51.5 Å². The van der Waals surface area contributed by atoms with Gasteiger partial charge in [-0.3, -0.25) is 9.59 Å². The van der Waals surface area contributed by atoms with Crippen molar-refractivity contribution in [3.63, 3.8) is 0 Å². The zero-order valence-corrected chi connectivity index (χ0v) is 19.4. The molecule has 1 heterocycles. The predicted molar refractivity (Wildman–Crippen MR) is 136 cm³/mol. The number of benzene rings is 4. The highest BCUT2D eigenvalue weighted by molar-refractivity contribution is 6.53. The van der Waals surface area contributed by atoms with Crippen LogP contribution in [0.25, 0.3) is 10.8 Å². The second-order valence-corrected chi connectivity index (χ2v) is 8.42. The SMILES string of the molecule is Cc1cccc(N2C(=O)C(Cl)=C(Nc3ccc(C(=O)Oc4cccc5ccccc45)cc3)C2=O)c1. The van der Waals surface area contributed by atoms with E-state index in [2.05, 4.69) is 5.32 Å². The van der Waals surface area contributed by atoms with Crippen molar-refractivity contribution in [2.45, 2.75) is 6.92 Å². The van der Waals surface area contributed by atoms with Gasteiger partial charge in [-0.25, -0.2) is 9.69 Å². The minimum Gasteiger partial charge on any atom is -0.422 e. The van der Waals surface area contributed by atoms with Crippen LogP contribution in [0.3, 0.4) is 0 Å². The van der Waals surface area contributed by atoms with Crippen LogP contribution in [-0.4, -0.2) is 17.8 Å². The Labute approximate surface area is 206 Å². The summed E-state index contributed by atoms with van der Waals surface area (Å²) in [5.41, 5.74) is 2.16. The lowest BCUT2D eigenvalue weighted by Gasteiger charge is -2.15. The Balaban J connectivity index is 1.32. The molecule has 5 rings (SSSR count). The molecule has 0 spiro atoms. The number of hydrogen-bond donors (Lipinski definition) is 1. The van der Waals surface area contributed by atoms with Crippen molar-refractivity contribution in [3.8, 4) is 5.75 Å². The molecule has 0 bridgehead atoms. The fraction of sp³-hybridized carbons (Fsp3) is 0.0357. The lowest BCUT2D eigenvalue weighted by molar-refractivity contribution is -0.120. The van der Waals surface area contributed by atoms with Crippen molar-refractivity contribution in [3.05, 3.63) is 113 Å². The maximum Gasteiger partial charge on any atom is 0.343 e. The Hall–Kier alpha value is -4.42. The standard InChI is InChI=1S/C28H19ClN2O4/c1-17-6-4-9-21(16-17)31-26(32)24(29)25(27(31)33)30-20-14-12-19(13-15-20)28(34)35-23-11-5-8-18-7-2-3-10-22(18)23/h2-16,30H,1H3. The Kier molecular flexibility index (Phi) is 5.81. The van der Waals surface area contributed by atoms with Crippen molar-refractivity contribution in [2.75, 3.05) is 10.2 Å². The Morgan fingerprint density at radius 3 is 2.34 bits per heavy atom. The van der Waals surface area contributed by atoms with Crippen LogP contribution in [-0.2, 0) is 9.59 Å². The molecule has 0 saturated carbocycles. The molecule has 4 aromatic carbocycles. The third kappa shape index (κ3) is 4.27. The first kappa shape index (κ1) is 22.4. The van der Waals surface area contributed by atoms with Gasteiger partial charge in [0.25, 0.3) is 11.8 Å². The summed E-state index contributed by atoms with van der Waals surface area (Å²) < 4.78 is 5.61. The van der Waals surface area contributed by atoms with Crippen molar-refractivity contribution in [2.24, 2.45) is 0 Å². The van der Waals surface area contributed by atoms with Crippen LogP contribution in [0.4, 0.5) is 11.4 Å². The summed E-state index contributed by atoms with van der Waals surface area (Å²) in [7, 11) is 0. The minimum absolute atomic E-state index is 0.0238. The maximum atomic E-state index is 13.0. The molecule has 0 fully saturated rings. The fourth-order valence-electron chi connectivity index (χ4n) is 3.89. The van der Waals surface area contributed by atoms with E-state index >= 15 is 0 Å². The number of ether oxygens (including phenoxy) is 1. The quantitative estimate of drug-likeness (QED) is 0.221. The van der Waals surface area contributed by atoms with Gasteiger partial charge in [-0.05, 0) is 60.3 Å². The molecule has 7 heteroatoms. The molecular weight excluding hydrogens is 464 g/mol. The highest BCUT2D eigenvalue weighted by Crippen LogP contribution is 2.31. The Morgan fingerprint density at radius 2 is 1.57 bits per heavy atom. The van der Waals surface area contributed by atoms with E-state index in [0.29, 0.717) is 22.7 Å². The van der Waals surface area contributed by atoms with E-state index in [1.54, 1.807) is 48.5 Å². The number of carbonyl (C=O) groups excluding carboxylic acids is 3. The van der Waals surface area contributed by atoms with E-state index in [9.17, 15) is 14.4 Å². The molecular formula is C28H19ClN2O4. The van der Waals surface area contributed by atoms with E-state index in [1.807, 2.05) is 49.4 Å². The lowest BCUT2D eigenvalue weighted by atomic mass is 10.1. The van der Waals surface area contributed by atoms with Crippen LogP contribution in [0.15, 0.2) is 102 Å². The number of hydrogen-bond acceptors (Lipinski definition) is 5. The predicted octanol–water partition coefficient (Wildman–Crippen LogP) is 5.80. The van der Waals surface area contributed by atoms with Gasteiger partial charge in [-0.1, -0.05) is 60.1 Å².